The summed E-state index contributed by atoms with van der Waals surface area (Å²) in [6.45, 7) is 0.671. The number of benzene rings is 2. The lowest BCUT2D eigenvalue weighted by Gasteiger charge is -2.23. The maximum Gasteiger partial charge on any atom is 0.150 e. The van der Waals surface area contributed by atoms with Crippen molar-refractivity contribution in [1.29, 1.82) is 0 Å². The molecule has 117 valence electrons. The van der Waals surface area contributed by atoms with Crippen molar-refractivity contribution in [2.24, 2.45) is 0 Å². The van der Waals surface area contributed by atoms with Gasteiger partial charge in [-0.1, -0.05) is 6.07 Å². The van der Waals surface area contributed by atoms with Crippen LogP contribution in [0, 0.1) is 17.7 Å². The van der Waals surface area contributed by atoms with Gasteiger partial charge in [-0.2, -0.15) is 5.10 Å². The van der Waals surface area contributed by atoms with Gasteiger partial charge in [0.1, 0.15) is 17.2 Å². The van der Waals surface area contributed by atoms with Crippen LogP contribution in [0.2, 0.25) is 0 Å². The van der Waals surface area contributed by atoms with E-state index in [1.807, 2.05) is 0 Å². The minimum atomic E-state index is -0.387. The van der Waals surface area contributed by atoms with Gasteiger partial charge in [0, 0.05) is 12.0 Å². The minimum Gasteiger partial charge on any atom is -0.356 e. The fraction of sp³-hybridized carbons (Fsp3) is 0.278. The van der Waals surface area contributed by atoms with Crippen molar-refractivity contribution in [2.45, 2.75) is 25.5 Å². The quantitative estimate of drug-likeness (QED) is 0.697. The molecule has 0 N–H and O–H groups in total. The molecule has 1 aliphatic rings. The Morgan fingerprint density at radius 2 is 2.13 bits per heavy atom. The molecule has 3 aromatic rings. The third kappa shape index (κ3) is 2.61. The predicted molar refractivity (Wildman–Crippen MR) is 82.8 cm³/mol. The molecule has 2 aromatic carbocycles. The molecule has 1 saturated heterocycles. The third-order valence-electron chi connectivity index (χ3n) is 4.15. The van der Waals surface area contributed by atoms with Gasteiger partial charge < -0.3 is 4.74 Å². The summed E-state index contributed by atoms with van der Waals surface area (Å²) in [5, 5.41) is 4.97. The summed E-state index contributed by atoms with van der Waals surface area (Å²) in [4.78, 5) is 0. The normalized spacial score (nSPS) is 18.4. The second-order valence-electron chi connectivity index (χ2n) is 5.73. The van der Waals surface area contributed by atoms with Gasteiger partial charge in [0.2, 0.25) is 0 Å². The standard InChI is InChI=1S/C18H15F2N2O/c19-15-5-3-4-12(9-15)13-8-14-11-21-22(18(14)16(20)10-13)17-6-1-2-7-23-17/h3,5,8-11,17H,1-2,6-7H2. The molecule has 0 spiro atoms. The van der Waals surface area contributed by atoms with Crippen molar-refractivity contribution in [3.05, 3.63) is 54.2 Å². The van der Waals surface area contributed by atoms with E-state index in [-0.39, 0.29) is 17.9 Å². The second-order valence-corrected chi connectivity index (χ2v) is 5.73. The van der Waals surface area contributed by atoms with Gasteiger partial charge in [-0.25, -0.2) is 13.5 Å². The molecule has 0 amide bonds. The zero-order chi connectivity index (χ0) is 15.8. The summed E-state index contributed by atoms with van der Waals surface area (Å²) in [6, 6.07) is 10.3. The Labute approximate surface area is 132 Å². The van der Waals surface area contributed by atoms with Crippen LogP contribution < -0.4 is 0 Å². The Morgan fingerprint density at radius 1 is 1.22 bits per heavy atom. The van der Waals surface area contributed by atoms with Gasteiger partial charge in [-0.15, -0.1) is 0 Å². The number of rotatable bonds is 2. The van der Waals surface area contributed by atoms with E-state index in [1.165, 1.54) is 24.3 Å². The molecule has 1 atom stereocenters. The summed E-state index contributed by atoms with van der Waals surface area (Å²) in [6.07, 6.45) is 4.30. The van der Waals surface area contributed by atoms with E-state index in [4.69, 9.17) is 4.74 Å². The maximum absolute atomic E-state index is 14.7. The fourth-order valence-corrected chi connectivity index (χ4v) is 3.04. The van der Waals surface area contributed by atoms with Crippen molar-refractivity contribution in [1.82, 2.24) is 9.78 Å². The van der Waals surface area contributed by atoms with Crippen LogP contribution in [0.3, 0.4) is 0 Å². The predicted octanol–water partition coefficient (Wildman–Crippen LogP) is 4.48. The molecule has 1 aliphatic heterocycles. The molecule has 1 radical (unpaired) electrons. The lowest BCUT2D eigenvalue weighted by molar-refractivity contribution is -0.0369. The average molecular weight is 313 g/mol. The largest absolute Gasteiger partial charge is 0.356 e. The van der Waals surface area contributed by atoms with E-state index in [2.05, 4.69) is 11.2 Å². The Kier molecular flexibility index (Phi) is 3.58. The van der Waals surface area contributed by atoms with Gasteiger partial charge in [-0.05, 0) is 60.7 Å². The highest BCUT2D eigenvalue weighted by molar-refractivity contribution is 5.85. The number of nitrogens with zero attached hydrogens (tertiary/aromatic N) is 2. The Morgan fingerprint density at radius 3 is 2.91 bits per heavy atom. The van der Waals surface area contributed by atoms with Crippen LogP contribution in [0.5, 0.6) is 0 Å². The van der Waals surface area contributed by atoms with Crippen molar-refractivity contribution >= 4 is 10.9 Å². The van der Waals surface area contributed by atoms with E-state index < -0.39 is 0 Å². The lowest BCUT2D eigenvalue weighted by atomic mass is 10.0. The van der Waals surface area contributed by atoms with Gasteiger partial charge in [0.05, 0.1) is 6.20 Å². The second kappa shape index (κ2) is 5.74. The third-order valence-corrected chi connectivity index (χ3v) is 4.15. The van der Waals surface area contributed by atoms with Crippen molar-refractivity contribution in [3.63, 3.8) is 0 Å². The first-order chi connectivity index (χ1) is 11.2. The van der Waals surface area contributed by atoms with Crippen molar-refractivity contribution < 1.29 is 13.5 Å². The molecule has 1 unspecified atom stereocenters. The zero-order valence-electron chi connectivity index (χ0n) is 12.4. The summed E-state index contributed by atoms with van der Waals surface area (Å²) in [5.74, 6) is -0.757. The zero-order valence-corrected chi connectivity index (χ0v) is 12.4. The molecule has 0 aliphatic carbocycles. The van der Waals surface area contributed by atoms with Crippen molar-refractivity contribution in [2.75, 3.05) is 6.61 Å². The average Bonchev–Trinajstić information content (AvgIpc) is 3.00. The summed E-state index contributed by atoms with van der Waals surface area (Å²) in [7, 11) is 0. The first-order valence-corrected chi connectivity index (χ1v) is 7.68. The maximum atomic E-state index is 14.7. The van der Waals surface area contributed by atoms with E-state index in [1.54, 1.807) is 16.9 Å². The molecule has 0 saturated carbocycles. The van der Waals surface area contributed by atoms with Crippen LogP contribution >= 0.6 is 0 Å². The molecule has 4 rings (SSSR count). The van der Waals surface area contributed by atoms with Crippen LogP contribution in [0.4, 0.5) is 8.78 Å². The highest BCUT2D eigenvalue weighted by Crippen LogP contribution is 2.31. The molecular weight excluding hydrogens is 298 g/mol. The summed E-state index contributed by atoms with van der Waals surface area (Å²) < 4.78 is 35.3. The van der Waals surface area contributed by atoms with E-state index in [9.17, 15) is 8.78 Å². The van der Waals surface area contributed by atoms with Gasteiger partial charge in [-0.3, -0.25) is 0 Å². The summed E-state index contributed by atoms with van der Waals surface area (Å²) in [5.41, 5.74) is 1.53. The van der Waals surface area contributed by atoms with Crippen LogP contribution in [-0.4, -0.2) is 16.4 Å². The Hall–Kier alpha value is -2.27. The summed E-state index contributed by atoms with van der Waals surface area (Å²) >= 11 is 0. The van der Waals surface area contributed by atoms with Crippen LogP contribution in [0.15, 0.2) is 36.5 Å². The highest BCUT2D eigenvalue weighted by atomic mass is 19.1. The van der Waals surface area contributed by atoms with Gasteiger partial charge >= 0.3 is 0 Å². The number of ether oxygens (including phenoxy) is 1. The van der Waals surface area contributed by atoms with E-state index >= 15 is 0 Å². The molecule has 1 aromatic heterocycles. The molecular formula is C18H15F2N2O. The fourth-order valence-electron chi connectivity index (χ4n) is 3.04. The number of hydrogen-bond donors (Lipinski definition) is 0. The lowest BCUT2D eigenvalue weighted by Crippen LogP contribution is -2.19. The molecule has 3 nitrogen and oxygen atoms in total. The number of hydrogen-bond acceptors (Lipinski definition) is 2. The highest BCUT2D eigenvalue weighted by Gasteiger charge is 2.21. The molecule has 0 bridgehead atoms. The Balaban J connectivity index is 1.80. The number of halogens is 2. The van der Waals surface area contributed by atoms with E-state index in [0.717, 1.165) is 19.3 Å². The van der Waals surface area contributed by atoms with Crippen molar-refractivity contribution in [3.8, 4) is 11.1 Å². The van der Waals surface area contributed by atoms with Crippen LogP contribution in [0.25, 0.3) is 22.0 Å². The molecule has 5 heteroatoms. The minimum absolute atomic E-state index is 0.220. The SMILES string of the molecule is Fc1cc[c]c(-c2cc(F)c3c(cnn3C3CCCCO3)c2)c1. The number of aromatic nitrogens is 2. The first-order valence-electron chi connectivity index (χ1n) is 7.68. The van der Waals surface area contributed by atoms with Gasteiger partial charge in [0.25, 0.3) is 0 Å². The Bertz CT molecular complexity index is 853. The molecule has 23 heavy (non-hydrogen) atoms. The van der Waals surface area contributed by atoms with Crippen LogP contribution in [-0.2, 0) is 4.74 Å². The first kappa shape index (κ1) is 14.3. The molecule has 2 heterocycles. The topological polar surface area (TPSA) is 27.1 Å². The number of fused-ring (bicyclic) bond motifs is 1. The van der Waals surface area contributed by atoms with E-state index in [0.29, 0.717) is 28.6 Å². The van der Waals surface area contributed by atoms with Gasteiger partial charge in [0.15, 0.2) is 6.23 Å². The smallest absolute Gasteiger partial charge is 0.150 e. The monoisotopic (exact) mass is 313 g/mol. The molecule has 1 fully saturated rings. The van der Waals surface area contributed by atoms with Crippen LogP contribution in [0.1, 0.15) is 25.5 Å².